The molecule has 1 saturated heterocycles. The van der Waals surface area contributed by atoms with Crippen LogP contribution >= 0.6 is 0 Å². The number of nitriles is 1. The molecule has 3 aromatic rings. The summed E-state index contributed by atoms with van der Waals surface area (Å²) in [7, 11) is -1.84. The first-order valence-corrected chi connectivity index (χ1v) is 11.4. The number of hydrogen-bond donors (Lipinski definition) is 1. The van der Waals surface area contributed by atoms with Crippen molar-refractivity contribution in [3.05, 3.63) is 53.9 Å². The standard InChI is InChI=1S/C21H19N5O5S/c1-26-11-15(25-32(27,28)16-5-2-13(10-22)3-6-16)9-17(26)21-23-20(24-31-21)14-4-7-18-19(8-14)30-12-29-18/h2-8,15,17,25H,9,11-12H2,1H3/t15-,17-/m0/s1. The number of ether oxygens (including phenoxy) is 2. The molecule has 2 aromatic carbocycles. The Labute approximate surface area is 184 Å². The maximum atomic E-state index is 12.7. The van der Waals surface area contributed by atoms with Crippen LogP contribution in [-0.4, -0.2) is 49.9 Å². The van der Waals surface area contributed by atoms with Crippen molar-refractivity contribution in [2.45, 2.75) is 23.4 Å². The molecular weight excluding hydrogens is 434 g/mol. The quantitative estimate of drug-likeness (QED) is 0.617. The Morgan fingerprint density at radius 1 is 1.16 bits per heavy atom. The minimum atomic E-state index is -3.72. The molecule has 1 N–H and O–H groups in total. The molecule has 11 heteroatoms. The summed E-state index contributed by atoms with van der Waals surface area (Å²) in [6.07, 6.45) is 0.481. The molecule has 0 bridgehead atoms. The molecular formula is C21H19N5O5S. The number of benzene rings is 2. The first-order valence-electron chi connectivity index (χ1n) is 9.89. The molecule has 0 radical (unpaired) electrons. The van der Waals surface area contributed by atoms with E-state index in [-0.39, 0.29) is 23.8 Å². The van der Waals surface area contributed by atoms with Crippen LogP contribution in [0.4, 0.5) is 0 Å². The second kappa shape index (κ2) is 7.90. The van der Waals surface area contributed by atoms with Gasteiger partial charge in [-0.15, -0.1) is 0 Å². The van der Waals surface area contributed by atoms with E-state index in [2.05, 4.69) is 14.9 Å². The summed E-state index contributed by atoms with van der Waals surface area (Å²) >= 11 is 0. The molecule has 10 nitrogen and oxygen atoms in total. The molecule has 5 rings (SSSR count). The van der Waals surface area contributed by atoms with Crippen molar-refractivity contribution >= 4 is 10.0 Å². The molecule has 1 aromatic heterocycles. The van der Waals surface area contributed by atoms with E-state index in [1.54, 1.807) is 12.1 Å². The van der Waals surface area contributed by atoms with Gasteiger partial charge in [0.1, 0.15) is 0 Å². The predicted molar refractivity (Wildman–Crippen MR) is 111 cm³/mol. The van der Waals surface area contributed by atoms with Gasteiger partial charge in [-0.3, -0.25) is 4.90 Å². The maximum Gasteiger partial charge on any atom is 0.244 e. The Kier molecular flexibility index (Phi) is 5.05. The molecule has 0 amide bonds. The zero-order valence-electron chi connectivity index (χ0n) is 17.1. The van der Waals surface area contributed by atoms with Gasteiger partial charge < -0.3 is 14.0 Å². The number of likely N-dealkylation sites (N-methyl/N-ethyl adjacent to an activating group) is 1. The lowest BCUT2D eigenvalue weighted by Crippen LogP contribution is -2.36. The summed E-state index contributed by atoms with van der Waals surface area (Å²) in [6, 6.07) is 12.7. The van der Waals surface area contributed by atoms with Gasteiger partial charge in [-0.05, 0) is 55.9 Å². The lowest BCUT2D eigenvalue weighted by Gasteiger charge is -2.14. The number of likely N-dealkylation sites (tertiary alicyclic amines) is 1. The van der Waals surface area contributed by atoms with E-state index in [0.717, 1.165) is 5.56 Å². The third-order valence-electron chi connectivity index (χ3n) is 5.52. The van der Waals surface area contributed by atoms with Crippen molar-refractivity contribution in [1.29, 1.82) is 5.26 Å². The molecule has 0 aliphatic carbocycles. The topological polar surface area (TPSA) is 131 Å². The van der Waals surface area contributed by atoms with E-state index in [1.165, 1.54) is 24.3 Å². The number of aromatic nitrogens is 2. The van der Waals surface area contributed by atoms with Gasteiger partial charge in [0, 0.05) is 18.2 Å². The lowest BCUT2D eigenvalue weighted by atomic mass is 10.1. The van der Waals surface area contributed by atoms with E-state index in [1.807, 2.05) is 24.1 Å². The minimum Gasteiger partial charge on any atom is -0.454 e. The lowest BCUT2D eigenvalue weighted by molar-refractivity contribution is 0.174. The van der Waals surface area contributed by atoms with E-state index in [0.29, 0.717) is 41.7 Å². The second-order valence-corrected chi connectivity index (χ2v) is 9.38. The molecule has 0 unspecified atom stereocenters. The van der Waals surface area contributed by atoms with Gasteiger partial charge >= 0.3 is 0 Å². The third-order valence-corrected chi connectivity index (χ3v) is 7.06. The Bertz CT molecular complexity index is 1300. The highest BCUT2D eigenvalue weighted by molar-refractivity contribution is 7.89. The zero-order chi connectivity index (χ0) is 22.3. The van der Waals surface area contributed by atoms with E-state index >= 15 is 0 Å². The summed E-state index contributed by atoms with van der Waals surface area (Å²) in [5, 5.41) is 13.0. The summed E-state index contributed by atoms with van der Waals surface area (Å²) in [6.45, 7) is 0.671. The smallest absolute Gasteiger partial charge is 0.244 e. The van der Waals surface area contributed by atoms with Gasteiger partial charge in [-0.1, -0.05) is 5.16 Å². The fourth-order valence-electron chi connectivity index (χ4n) is 3.89. The van der Waals surface area contributed by atoms with Gasteiger partial charge in [0.15, 0.2) is 11.5 Å². The Hall–Kier alpha value is -3.46. The molecule has 2 atom stereocenters. The fraction of sp³-hybridized carbons (Fsp3) is 0.286. The first-order chi connectivity index (χ1) is 15.4. The van der Waals surface area contributed by atoms with Crippen LogP contribution in [0.5, 0.6) is 11.5 Å². The van der Waals surface area contributed by atoms with Crippen molar-refractivity contribution in [2.75, 3.05) is 20.4 Å². The van der Waals surface area contributed by atoms with E-state index in [4.69, 9.17) is 19.3 Å². The monoisotopic (exact) mass is 453 g/mol. The van der Waals surface area contributed by atoms with Crippen LogP contribution in [0.15, 0.2) is 51.9 Å². The molecule has 3 heterocycles. The predicted octanol–water partition coefficient (Wildman–Crippen LogP) is 2.06. The normalized spacial score (nSPS) is 20.4. The van der Waals surface area contributed by atoms with Crippen LogP contribution in [0.2, 0.25) is 0 Å². The number of fused-ring (bicyclic) bond motifs is 1. The average Bonchev–Trinajstić information content (AvgIpc) is 3.52. The van der Waals surface area contributed by atoms with Gasteiger partial charge in [0.05, 0.1) is 22.6 Å². The summed E-state index contributed by atoms with van der Waals surface area (Å²) in [5.41, 5.74) is 1.14. The fourth-order valence-corrected chi connectivity index (χ4v) is 5.13. The third kappa shape index (κ3) is 3.80. The van der Waals surface area contributed by atoms with Gasteiger partial charge in [-0.2, -0.15) is 10.2 Å². The number of nitrogens with zero attached hydrogens (tertiary/aromatic N) is 4. The summed E-state index contributed by atoms with van der Waals surface area (Å²) < 4.78 is 44.4. The van der Waals surface area contributed by atoms with Crippen LogP contribution in [-0.2, 0) is 10.0 Å². The van der Waals surface area contributed by atoms with Gasteiger partial charge in [0.25, 0.3) is 0 Å². The van der Waals surface area contributed by atoms with Crippen molar-refractivity contribution in [2.24, 2.45) is 0 Å². The van der Waals surface area contributed by atoms with Crippen molar-refractivity contribution in [3.63, 3.8) is 0 Å². The number of rotatable bonds is 5. The van der Waals surface area contributed by atoms with Crippen LogP contribution in [0.1, 0.15) is 23.9 Å². The van der Waals surface area contributed by atoms with Crippen molar-refractivity contribution in [1.82, 2.24) is 19.8 Å². The maximum absolute atomic E-state index is 12.7. The molecule has 1 fully saturated rings. The molecule has 32 heavy (non-hydrogen) atoms. The molecule has 0 saturated carbocycles. The zero-order valence-corrected chi connectivity index (χ0v) is 17.9. The van der Waals surface area contributed by atoms with Crippen molar-refractivity contribution in [3.8, 4) is 29.0 Å². The highest BCUT2D eigenvalue weighted by Crippen LogP contribution is 2.36. The average molecular weight is 453 g/mol. The minimum absolute atomic E-state index is 0.116. The van der Waals surface area contributed by atoms with Crippen molar-refractivity contribution < 1.29 is 22.4 Å². The summed E-state index contributed by atoms with van der Waals surface area (Å²) in [4.78, 5) is 6.61. The van der Waals surface area contributed by atoms with Crippen LogP contribution in [0, 0.1) is 11.3 Å². The van der Waals surface area contributed by atoms with E-state index < -0.39 is 10.0 Å². The van der Waals surface area contributed by atoms with Crippen LogP contribution in [0.3, 0.4) is 0 Å². The number of hydrogen-bond acceptors (Lipinski definition) is 9. The molecule has 2 aliphatic rings. The molecule has 0 spiro atoms. The summed E-state index contributed by atoms with van der Waals surface area (Å²) in [5.74, 6) is 2.14. The Balaban J connectivity index is 1.30. The SMILES string of the molecule is CN1C[C@@H](NS(=O)(=O)c2ccc(C#N)cc2)C[C@H]1c1nc(-c2ccc3c(c2)OCO3)no1. The van der Waals surface area contributed by atoms with Gasteiger partial charge in [-0.25, -0.2) is 13.1 Å². The second-order valence-electron chi connectivity index (χ2n) is 7.67. The van der Waals surface area contributed by atoms with Gasteiger partial charge in [0.2, 0.25) is 28.5 Å². The van der Waals surface area contributed by atoms with E-state index in [9.17, 15) is 8.42 Å². The highest BCUT2D eigenvalue weighted by atomic mass is 32.2. The highest BCUT2D eigenvalue weighted by Gasteiger charge is 2.36. The number of nitrogens with one attached hydrogen (secondary N) is 1. The largest absolute Gasteiger partial charge is 0.454 e. The Morgan fingerprint density at radius 3 is 2.72 bits per heavy atom. The molecule has 164 valence electrons. The number of sulfonamides is 1. The van der Waals surface area contributed by atoms with Crippen LogP contribution in [0.25, 0.3) is 11.4 Å². The molecule has 2 aliphatic heterocycles. The first kappa shape index (κ1) is 20.4. The van der Waals surface area contributed by atoms with Crippen LogP contribution < -0.4 is 14.2 Å². The Morgan fingerprint density at radius 2 is 1.94 bits per heavy atom.